The predicted octanol–water partition coefficient (Wildman–Crippen LogP) is 3.38. The number of carbonyl (C=O) groups is 2. The van der Waals surface area contributed by atoms with Crippen molar-refractivity contribution < 1.29 is 9.59 Å². The second-order valence-corrected chi connectivity index (χ2v) is 5.19. The van der Waals surface area contributed by atoms with E-state index in [-0.39, 0.29) is 0 Å². The average Bonchev–Trinajstić information content (AvgIpc) is 2.68. The normalized spacial score (nSPS) is 13.8. The molecule has 0 aliphatic carbocycles. The van der Waals surface area contributed by atoms with Gasteiger partial charge in [-0.1, -0.05) is 41.9 Å². The van der Waals surface area contributed by atoms with E-state index in [1.54, 1.807) is 18.2 Å². The van der Waals surface area contributed by atoms with Crippen LogP contribution in [-0.4, -0.2) is 11.7 Å². The number of amides is 1. The molecule has 1 aliphatic rings. The fraction of sp³-hybridized carbons (Fsp3) is 0.125. The first-order chi connectivity index (χ1) is 9.59. The summed E-state index contributed by atoms with van der Waals surface area (Å²) in [6.07, 6.45) is 0. The smallest absolute Gasteiger partial charge is 0.299 e. The van der Waals surface area contributed by atoms with Crippen molar-refractivity contribution >= 4 is 29.0 Å². The summed E-state index contributed by atoms with van der Waals surface area (Å²) in [5, 5.41) is 0.592. The van der Waals surface area contributed by atoms with Crippen molar-refractivity contribution in [1.82, 2.24) is 0 Å². The van der Waals surface area contributed by atoms with Gasteiger partial charge in [0.25, 0.3) is 11.7 Å². The molecular weight excluding hydrogens is 274 g/mol. The highest BCUT2D eigenvalue weighted by atomic mass is 35.5. The van der Waals surface area contributed by atoms with E-state index in [9.17, 15) is 9.59 Å². The zero-order valence-corrected chi connectivity index (χ0v) is 11.6. The van der Waals surface area contributed by atoms with E-state index in [0.29, 0.717) is 22.8 Å². The molecule has 2 aromatic carbocycles. The van der Waals surface area contributed by atoms with Gasteiger partial charge in [-0.05, 0) is 30.2 Å². The summed E-state index contributed by atoms with van der Waals surface area (Å²) in [5.74, 6) is -0.940. The number of Topliss-reactive ketones (excluding diaryl/α,β-unsaturated/α-hetero) is 1. The molecule has 0 radical (unpaired) electrons. The Hall–Kier alpha value is -2.13. The van der Waals surface area contributed by atoms with Gasteiger partial charge in [-0.15, -0.1) is 0 Å². The number of benzene rings is 2. The van der Waals surface area contributed by atoms with E-state index in [1.165, 1.54) is 4.90 Å². The first-order valence-electron chi connectivity index (χ1n) is 6.29. The standard InChI is InChI=1S/C16H12ClNO2/c1-10-5-4-7-12-14(10)18(16(20)15(12)19)9-11-6-2-3-8-13(11)17/h2-8H,9H2,1H3. The zero-order chi connectivity index (χ0) is 14.3. The maximum atomic E-state index is 12.2. The van der Waals surface area contributed by atoms with Gasteiger partial charge in [0.1, 0.15) is 0 Å². The SMILES string of the molecule is Cc1cccc2c1N(Cc1ccccc1Cl)C(=O)C2=O. The van der Waals surface area contributed by atoms with Crippen LogP contribution < -0.4 is 4.90 Å². The van der Waals surface area contributed by atoms with Crippen molar-refractivity contribution in [2.75, 3.05) is 4.90 Å². The van der Waals surface area contributed by atoms with Crippen molar-refractivity contribution in [3.05, 3.63) is 64.2 Å². The summed E-state index contributed by atoms with van der Waals surface area (Å²) < 4.78 is 0. The molecule has 0 spiro atoms. The predicted molar refractivity (Wildman–Crippen MR) is 78.2 cm³/mol. The third-order valence-electron chi connectivity index (χ3n) is 3.48. The molecule has 0 N–H and O–H groups in total. The van der Waals surface area contributed by atoms with Crippen molar-refractivity contribution in [1.29, 1.82) is 0 Å². The number of ketones is 1. The van der Waals surface area contributed by atoms with Crippen LogP contribution in [-0.2, 0) is 11.3 Å². The number of halogens is 1. The lowest BCUT2D eigenvalue weighted by Crippen LogP contribution is -2.29. The van der Waals surface area contributed by atoms with Crippen LogP contribution in [0.4, 0.5) is 5.69 Å². The van der Waals surface area contributed by atoms with Gasteiger partial charge >= 0.3 is 0 Å². The molecule has 0 saturated carbocycles. The van der Waals surface area contributed by atoms with Gasteiger partial charge in [0.05, 0.1) is 17.8 Å². The molecule has 0 bridgehead atoms. The topological polar surface area (TPSA) is 37.4 Å². The number of fused-ring (bicyclic) bond motifs is 1. The molecule has 4 heteroatoms. The maximum Gasteiger partial charge on any atom is 0.299 e. The van der Waals surface area contributed by atoms with Gasteiger partial charge < -0.3 is 4.90 Å². The molecule has 1 aliphatic heterocycles. The third-order valence-corrected chi connectivity index (χ3v) is 3.85. The van der Waals surface area contributed by atoms with Gasteiger partial charge in [0.15, 0.2) is 0 Å². The van der Waals surface area contributed by atoms with E-state index >= 15 is 0 Å². The van der Waals surface area contributed by atoms with Gasteiger partial charge in [-0.2, -0.15) is 0 Å². The number of hydrogen-bond donors (Lipinski definition) is 0. The summed E-state index contributed by atoms with van der Waals surface area (Å²) >= 11 is 6.13. The summed E-state index contributed by atoms with van der Waals surface area (Å²) in [6, 6.07) is 12.7. The van der Waals surface area contributed by atoms with Crippen LogP contribution in [0.5, 0.6) is 0 Å². The van der Waals surface area contributed by atoms with Crippen LogP contribution >= 0.6 is 11.6 Å². The fourth-order valence-corrected chi connectivity index (χ4v) is 2.68. The lowest BCUT2D eigenvalue weighted by Gasteiger charge is -2.19. The molecule has 100 valence electrons. The lowest BCUT2D eigenvalue weighted by atomic mass is 10.1. The number of anilines is 1. The second-order valence-electron chi connectivity index (χ2n) is 4.78. The minimum atomic E-state index is -0.491. The van der Waals surface area contributed by atoms with Crippen LogP contribution in [0.1, 0.15) is 21.5 Å². The Morgan fingerprint density at radius 1 is 1.05 bits per heavy atom. The first kappa shape index (κ1) is 12.9. The van der Waals surface area contributed by atoms with E-state index < -0.39 is 11.7 Å². The molecular formula is C16H12ClNO2. The van der Waals surface area contributed by atoms with Crippen molar-refractivity contribution in [2.24, 2.45) is 0 Å². The minimum absolute atomic E-state index is 0.308. The second kappa shape index (κ2) is 4.76. The van der Waals surface area contributed by atoms with Crippen LogP contribution in [0.25, 0.3) is 0 Å². The molecule has 1 heterocycles. The fourth-order valence-electron chi connectivity index (χ4n) is 2.49. The molecule has 3 nitrogen and oxygen atoms in total. The van der Waals surface area contributed by atoms with Crippen molar-refractivity contribution in [3.8, 4) is 0 Å². The molecule has 0 fully saturated rings. The van der Waals surface area contributed by atoms with E-state index in [4.69, 9.17) is 11.6 Å². The summed E-state index contributed by atoms with van der Waals surface area (Å²) in [7, 11) is 0. The summed E-state index contributed by atoms with van der Waals surface area (Å²) in [6.45, 7) is 2.20. The van der Waals surface area contributed by atoms with Gasteiger partial charge in [0, 0.05) is 5.02 Å². The van der Waals surface area contributed by atoms with Gasteiger partial charge in [-0.25, -0.2) is 0 Å². The number of nitrogens with zero attached hydrogens (tertiary/aromatic N) is 1. The highest BCUT2D eigenvalue weighted by Crippen LogP contribution is 2.34. The molecule has 0 aromatic heterocycles. The first-order valence-corrected chi connectivity index (χ1v) is 6.66. The largest absolute Gasteiger partial charge is 0.300 e. The Labute approximate surface area is 121 Å². The van der Waals surface area contributed by atoms with Crippen LogP contribution in [0.3, 0.4) is 0 Å². The molecule has 0 saturated heterocycles. The van der Waals surface area contributed by atoms with Crippen LogP contribution in [0.15, 0.2) is 42.5 Å². The van der Waals surface area contributed by atoms with Crippen molar-refractivity contribution in [2.45, 2.75) is 13.5 Å². The average molecular weight is 286 g/mol. The van der Waals surface area contributed by atoms with Gasteiger partial charge in [0.2, 0.25) is 0 Å². The van der Waals surface area contributed by atoms with E-state index in [0.717, 1.165) is 11.1 Å². The Kier molecular flexibility index (Phi) is 3.07. The third kappa shape index (κ3) is 1.91. The molecule has 1 amide bonds. The van der Waals surface area contributed by atoms with Gasteiger partial charge in [-0.3, -0.25) is 9.59 Å². The molecule has 20 heavy (non-hydrogen) atoms. The summed E-state index contributed by atoms with van der Waals surface area (Å²) in [5.41, 5.74) is 2.91. The van der Waals surface area contributed by atoms with Crippen LogP contribution in [0.2, 0.25) is 5.02 Å². The molecule has 0 atom stereocenters. The minimum Gasteiger partial charge on any atom is -0.300 e. The molecule has 2 aromatic rings. The van der Waals surface area contributed by atoms with Crippen molar-refractivity contribution in [3.63, 3.8) is 0 Å². The Morgan fingerprint density at radius 2 is 1.80 bits per heavy atom. The van der Waals surface area contributed by atoms with Crippen LogP contribution in [0, 0.1) is 6.92 Å². The Bertz CT molecular complexity index is 724. The number of aryl methyl sites for hydroxylation is 1. The highest BCUT2D eigenvalue weighted by molar-refractivity contribution is 6.52. The monoisotopic (exact) mass is 285 g/mol. The zero-order valence-electron chi connectivity index (χ0n) is 10.9. The highest BCUT2D eigenvalue weighted by Gasteiger charge is 2.36. The molecule has 0 unspecified atom stereocenters. The number of rotatable bonds is 2. The summed E-state index contributed by atoms with van der Waals surface area (Å²) in [4.78, 5) is 25.7. The maximum absolute atomic E-state index is 12.2. The Balaban J connectivity index is 2.06. The number of para-hydroxylation sites is 1. The quantitative estimate of drug-likeness (QED) is 0.793. The van der Waals surface area contributed by atoms with E-state index in [2.05, 4.69) is 0 Å². The number of carbonyl (C=O) groups excluding carboxylic acids is 2. The Morgan fingerprint density at radius 3 is 2.55 bits per heavy atom. The lowest BCUT2D eigenvalue weighted by molar-refractivity contribution is -0.114. The number of hydrogen-bond acceptors (Lipinski definition) is 2. The van der Waals surface area contributed by atoms with E-state index in [1.807, 2.05) is 31.2 Å². The molecule has 3 rings (SSSR count).